The Morgan fingerprint density at radius 2 is 1.82 bits per heavy atom. The minimum atomic E-state index is -0.713. The number of nitro groups is 1. The summed E-state index contributed by atoms with van der Waals surface area (Å²) in [6.07, 6.45) is 0. The van der Waals surface area contributed by atoms with Gasteiger partial charge >= 0.3 is 51.4 Å². The predicted molar refractivity (Wildman–Crippen MR) is 36.5 cm³/mol. The van der Waals surface area contributed by atoms with Crippen LogP contribution in [0.1, 0.15) is 0 Å². The maximum atomic E-state index is 9.81. The Bertz CT molecular complexity index is 227. The van der Waals surface area contributed by atoms with Crippen LogP contribution >= 0.6 is 0 Å². The van der Waals surface area contributed by atoms with Gasteiger partial charge in [-0.2, -0.15) is 0 Å². The molecule has 1 aromatic carbocycles. The molecular formula is C6H5KN2O2. The van der Waals surface area contributed by atoms with Crippen molar-refractivity contribution in [3.8, 4) is 0 Å². The summed E-state index contributed by atoms with van der Waals surface area (Å²) in [6.45, 7) is 0. The zero-order valence-electron chi connectivity index (χ0n) is 6.10. The Morgan fingerprint density at radius 3 is 2.27 bits per heavy atom. The first-order chi connectivity index (χ1) is 4.79. The van der Waals surface area contributed by atoms with Gasteiger partial charge in [-0.05, 0) is 5.03 Å². The van der Waals surface area contributed by atoms with Crippen LogP contribution in [0, 0.1) is 10.1 Å². The minimum Gasteiger partial charge on any atom is -0.349 e. The summed E-state index contributed by atoms with van der Waals surface area (Å²) in [7, 11) is 0. The average Bonchev–Trinajstić information content (AvgIpc) is 1.88. The first kappa shape index (κ1) is 11.1. The van der Waals surface area contributed by atoms with Crippen molar-refractivity contribution in [3.63, 3.8) is 0 Å². The number of hydrogen-bond donors (Lipinski definition) is 0. The van der Waals surface area contributed by atoms with Gasteiger partial charge in [-0.1, -0.05) is 36.0 Å². The third kappa shape index (κ3) is 4.49. The van der Waals surface area contributed by atoms with Crippen LogP contribution < -0.4 is 51.4 Å². The fourth-order valence-corrected chi connectivity index (χ4v) is 0.589. The monoisotopic (exact) mass is 176 g/mol. The van der Waals surface area contributed by atoms with Gasteiger partial charge in [0.2, 0.25) is 0 Å². The first-order valence-corrected chi connectivity index (χ1v) is 2.70. The second kappa shape index (κ2) is 5.67. The van der Waals surface area contributed by atoms with Crippen molar-refractivity contribution < 1.29 is 56.4 Å². The molecule has 1 aromatic rings. The fraction of sp³-hybridized carbons (Fsp3) is 0. The van der Waals surface area contributed by atoms with Crippen LogP contribution in [0.5, 0.6) is 0 Å². The van der Waals surface area contributed by atoms with Crippen LogP contribution in [-0.2, 0) is 0 Å². The molecule has 5 heteroatoms. The van der Waals surface area contributed by atoms with Crippen LogP contribution in [0.25, 0.3) is 5.43 Å². The molecule has 0 bridgehead atoms. The van der Waals surface area contributed by atoms with Gasteiger partial charge in [0.1, 0.15) is 0 Å². The quantitative estimate of drug-likeness (QED) is 0.326. The van der Waals surface area contributed by atoms with Gasteiger partial charge in [-0.15, -0.1) is 0 Å². The van der Waals surface area contributed by atoms with E-state index in [2.05, 4.69) is 5.43 Å². The molecule has 0 radical (unpaired) electrons. The molecule has 0 fully saturated rings. The Labute approximate surface area is 107 Å². The molecule has 0 saturated carbocycles. The number of rotatable bonds is 2. The molecule has 0 unspecified atom stereocenters. The third-order valence-electron chi connectivity index (χ3n) is 0.953. The number of benzene rings is 1. The van der Waals surface area contributed by atoms with Gasteiger partial charge < -0.3 is 5.43 Å². The van der Waals surface area contributed by atoms with Crippen molar-refractivity contribution >= 4 is 5.69 Å². The maximum Gasteiger partial charge on any atom is 1.00 e. The standard InChI is InChI=1S/C6H5N2O2.K/c9-8(10)7-6-4-2-1-3-5-6;/h1-5H;/q-1;+1. The van der Waals surface area contributed by atoms with E-state index in [0.29, 0.717) is 5.69 Å². The third-order valence-corrected chi connectivity index (χ3v) is 0.953. The van der Waals surface area contributed by atoms with Crippen LogP contribution in [-0.4, -0.2) is 5.03 Å². The Morgan fingerprint density at radius 1 is 1.27 bits per heavy atom. The van der Waals surface area contributed by atoms with E-state index in [-0.39, 0.29) is 51.4 Å². The normalized spacial score (nSPS) is 8.00. The Balaban J connectivity index is 0.000001000. The molecule has 11 heavy (non-hydrogen) atoms. The van der Waals surface area contributed by atoms with E-state index in [1.165, 1.54) is 0 Å². The van der Waals surface area contributed by atoms with Gasteiger partial charge in [0.15, 0.2) is 0 Å². The number of hydrogen-bond acceptors (Lipinski definition) is 2. The van der Waals surface area contributed by atoms with E-state index >= 15 is 0 Å². The molecule has 0 atom stereocenters. The molecule has 0 spiro atoms. The summed E-state index contributed by atoms with van der Waals surface area (Å²) in [6, 6.07) is 8.31. The molecule has 52 valence electrons. The SMILES string of the molecule is O=[N+]([O-])[N-]c1ccccc1.[K+]. The topological polar surface area (TPSA) is 57.2 Å². The van der Waals surface area contributed by atoms with Crippen molar-refractivity contribution in [2.75, 3.05) is 0 Å². The van der Waals surface area contributed by atoms with Gasteiger partial charge in [0, 0.05) is 0 Å². The molecule has 0 heterocycles. The van der Waals surface area contributed by atoms with Crippen LogP contribution in [0.15, 0.2) is 30.3 Å². The van der Waals surface area contributed by atoms with Crippen molar-refractivity contribution in [1.82, 2.24) is 0 Å². The molecule has 0 aliphatic rings. The van der Waals surface area contributed by atoms with Crippen LogP contribution in [0.2, 0.25) is 0 Å². The van der Waals surface area contributed by atoms with Crippen molar-refractivity contribution in [2.24, 2.45) is 0 Å². The number of nitrogens with zero attached hydrogens (tertiary/aromatic N) is 2. The van der Waals surface area contributed by atoms with Crippen LogP contribution in [0.3, 0.4) is 0 Å². The maximum absolute atomic E-state index is 9.81. The van der Waals surface area contributed by atoms with Gasteiger partial charge in [-0.25, -0.2) is 0 Å². The molecule has 0 N–H and O–H groups in total. The molecule has 0 aliphatic carbocycles. The van der Waals surface area contributed by atoms with Gasteiger partial charge in [0.25, 0.3) is 0 Å². The van der Waals surface area contributed by atoms with Gasteiger partial charge in [-0.3, -0.25) is 10.1 Å². The molecule has 0 aliphatic heterocycles. The second-order valence-electron chi connectivity index (χ2n) is 1.67. The van der Waals surface area contributed by atoms with Crippen LogP contribution in [0.4, 0.5) is 5.69 Å². The molecule has 4 nitrogen and oxygen atoms in total. The van der Waals surface area contributed by atoms with E-state index < -0.39 is 5.03 Å². The second-order valence-corrected chi connectivity index (χ2v) is 1.67. The molecule has 0 amide bonds. The summed E-state index contributed by atoms with van der Waals surface area (Å²) in [4.78, 5) is 9.81. The van der Waals surface area contributed by atoms with E-state index in [1.807, 2.05) is 0 Å². The van der Waals surface area contributed by atoms with E-state index in [4.69, 9.17) is 0 Å². The minimum absolute atomic E-state index is 0. The summed E-state index contributed by atoms with van der Waals surface area (Å²) in [5.74, 6) is 0. The molecular weight excluding hydrogens is 171 g/mol. The molecule has 0 saturated heterocycles. The summed E-state index contributed by atoms with van der Waals surface area (Å²) in [5.41, 5.74) is 3.45. The van der Waals surface area contributed by atoms with E-state index in [1.54, 1.807) is 30.3 Å². The van der Waals surface area contributed by atoms with Gasteiger partial charge in [0.05, 0.1) is 0 Å². The summed E-state index contributed by atoms with van der Waals surface area (Å²) < 4.78 is 0. The zero-order valence-corrected chi connectivity index (χ0v) is 9.22. The van der Waals surface area contributed by atoms with Crippen molar-refractivity contribution in [3.05, 3.63) is 45.9 Å². The Kier molecular flexibility index (Phi) is 5.70. The van der Waals surface area contributed by atoms with Crippen molar-refractivity contribution in [1.29, 1.82) is 0 Å². The zero-order chi connectivity index (χ0) is 7.40. The Hall–Kier alpha value is 0.0564. The molecule has 1 rings (SSSR count). The average molecular weight is 176 g/mol. The van der Waals surface area contributed by atoms with E-state index in [9.17, 15) is 10.1 Å². The predicted octanol–water partition coefficient (Wildman–Crippen LogP) is -1.11. The first-order valence-electron chi connectivity index (χ1n) is 2.70. The smallest absolute Gasteiger partial charge is 0.349 e. The summed E-state index contributed by atoms with van der Waals surface area (Å²) in [5, 5.41) is 9.09. The summed E-state index contributed by atoms with van der Waals surface area (Å²) >= 11 is 0. The molecule has 0 aromatic heterocycles. The fourth-order valence-electron chi connectivity index (χ4n) is 0.589. The van der Waals surface area contributed by atoms with Crippen molar-refractivity contribution in [2.45, 2.75) is 0 Å². The van der Waals surface area contributed by atoms with E-state index in [0.717, 1.165) is 0 Å². The largest absolute Gasteiger partial charge is 1.00 e.